The topological polar surface area (TPSA) is 291 Å². The Bertz CT molecular complexity index is 1230. The lowest BCUT2D eigenvalue weighted by molar-refractivity contribution is -0.134. The van der Waals surface area contributed by atoms with Gasteiger partial charge in [-0.15, -0.1) is 0 Å². The van der Waals surface area contributed by atoms with Gasteiger partial charge in [-0.3, -0.25) is 18.9 Å². The van der Waals surface area contributed by atoms with Crippen LogP contribution in [0.15, 0.2) is 21.9 Å². The van der Waals surface area contributed by atoms with Gasteiger partial charge in [-0.05, 0) is 6.08 Å². The number of carbonyl (C=O) groups is 1. The molecule has 0 bridgehead atoms. The number of hydrogen-bond acceptors (Lipinski definition) is 13. The van der Waals surface area contributed by atoms with E-state index in [-0.39, 0.29) is 5.56 Å². The second-order valence-corrected chi connectivity index (χ2v) is 11.0. The summed E-state index contributed by atoms with van der Waals surface area (Å²) in [5.74, 6) is -0.832. The number of phosphoric acid groups is 3. The zero-order chi connectivity index (χ0) is 26.8. The van der Waals surface area contributed by atoms with E-state index in [1.54, 1.807) is 0 Å². The van der Waals surface area contributed by atoms with Gasteiger partial charge in [0.1, 0.15) is 18.3 Å². The molecule has 7 N–H and O–H groups in total. The molecule has 2 heterocycles. The number of methoxy groups -OCH3 is 1. The van der Waals surface area contributed by atoms with Gasteiger partial charge in [-0.2, -0.15) is 8.62 Å². The number of aliphatic hydroxyl groups excluding tert-OH is 2. The highest BCUT2D eigenvalue weighted by molar-refractivity contribution is 7.66. The molecule has 1 aromatic rings. The summed E-state index contributed by atoms with van der Waals surface area (Å²) in [4.78, 5) is 72.8. The van der Waals surface area contributed by atoms with Crippen molar-refractivity contribution >= 4 is 35.5 Å². The maximum atomic E-state index is 12.2. The number of aromatic amines is 1. The van der Waals surface area contributed by atoms with Gasteiger partial charge in [0.15, 0.2) is 6.23 Å². The first-order valence-electron chi connectivity index (χ1n) is 8.86. The van der Waals surface area contributed by atoms with Gasteiger partial charge in [-0.1, -0.05) is 0 Å². The fourth-order valence-corrected chi connectivity index (χ4v) is 5.63. The van der Waals surface area contributed by atoms with Gasteiger partial charge in [0.25, 0.3) is 5.56 Å². The highest BCUT2D eigenvalue weighted by Crippen LogP contribution is 2.66. The normalized spacial score (nSPS) is 26.4. The summed E-state index contributed by atoms with van der Waals surface area (Å²) in [5, 5.41) is 20.4. The van der Waals surface area contributed by atoms with Crippen LogP contribution in [-0.2, 0) is 41.1 Å². The molecule has 1 aliphatic rings. The van der Waals surface area contributed by atoms with Crippen molar-refractivity contribution in [3.05, 3.63) is 38.7 Å². The summed E-state index contributed by atoms with van der Waals surface area (Å²) in [6.07, 6.45) is -4.45. The second kappa shape index (κ2) is 11.1. The number of rotatable bonds is 10. The van der Waals surface area contributed by atoms with Crippen LogP contribution in [0, 0.1) is 0 Å². The van der Waals surface area contributed by atoms with Gasteiger partial charge < -0.3 is 39.3 Å². The standard InChI is InChI=1S/C13H19N2O17P3/c1-28-8(16)3-2-6-4-15(13(20)14-11(6)19)12-10(18)9(17)7(30-12)5-29-34(24,25)32-35(26,27)31-33(21,22)23/h2-4,7,9-10,12,17-18H,5H2,1H3,(H,24,25)(H,26,27)(H,14,19,20)(H2,21,22,23)/t7-,9?,10+,12-/m1/s1. The number of ether oxygens (including phenoxy) is 2. The molecule has 3 unspecified atom stereocenters. The van der Waals surface area contributed by atoms with Crippen molar-refractivity contribution in [3.8, 4) is 0 Å². The summed E-state index contributed by atoms with van der Waals surface area (Å²) in [7, 11) is -15.9. The van der Waals surface area contributed by atoms with Gasteiger partial charge in [-0.25, -0.2) is 23.3 Å². The van der Waals surface area contributed by atoms with E-state index in [1.165, 1.54) is 0 Å². The summed E-state index contributed by atoms with van der Waals surface area (Å²) in [5.41, 5.74) is -2.31. The van der Waals surface area contributed by atoms with E-state index >= 15 is 0 Å². The fraction of sp³-hybridized carbons (Fsp3) is 0.462. The number of carbonyl (C=O) groups excluding carboxylic acids is 1. The third-order valence-electron chi connectivity index (χ3n) is 4.02. The van der Waals surface area contributed by atoms with Crippen LogP contribution in [0.2, 0.25) is 0 Å². The third kappa shape index (κ3) is 8.37. The van der Waals surface area contributed by atoms with Crippen LogP contribution in [0.5, 0.6) is 0 Å². The van der Waals surface area contributed by atoms with Crippen molar-refractivity contribution in [2.75, 3.05) is 13.7 Å². The van der Waals surface area contributed by atoms with Crippen molar-refractivity contribution in [1.82, 2.24) is 9.55 Å². The van der Waals surface area contributed by atoms with Crippen LogP contribution >= 0.6 is 23.5 Å². The molecule has 19 nitrogen and oxygen atoms in total. The molecule has 6 atom stereocenters. The SMILES string of the molecule is COC(=O)C=Cc1cn([C@@H]2O[C@H](COP(=O)(O)OP(=O)(O)OP(=O)(O)O)C(O)[C@@H]2O)c(=O)[nH]c1=O. The number of aromatic nitrogens is 2. The molecule has 35 heavy (non-hydrogen) atoms. The predicted octanol–water partition coefficient (Wildman–Crippen LogP) is -2.31. The van der Waals surface area contributed by atoms with E-state index in [9.17, 15) is 43.2 Å². The lowest BCUT2D eigenvalue weighted by Crippen LogP contribution is -2.38. The summed E-state index contributed by atoms with van der Waals surface area (Å²) < 4.78 is 55.4. The van der Waals surface area contributed by atoms with Crippen molar-refractivity contribution in [2.45, 2.75) is 24.5 Å². The van der Waals surface area contributed by atoms with Crippen LogP contribution in [0.25, 0.3) is 6.08 Å². The van der Waals surface area contributed by atoms with Gasteiger partial charge in [0, 0.05) is 12.3 Å². The van der Waals surface area contributed by atoms with Crippen molar-refractivity contribution in [3.63, 3.8) is 0 Å². The molecule has 1 aliphatic heterocycles. The summed E-state index contributed by atoms with van der Waals surface area (Å²) in [6, 6.07) is 0. The smallest absolute Gasteiger partial charge is 0.466 e. The summed E-state index contributed by atoms with van der Waals surface area (Å²) in [6.45, 7) is -1.12. The molecule has 198 valence electrons. The number of aliphatic hydroxyl groups is 2. The molecule has 0 radical (unpaired) electrons. The number of phosphoric ester groups is 1. The van der Waals surface area contributed by atoms with E-state index in [0.29, 0.717) is 4.57 Å². The molecule has 0 amide bonds. The quantitative estimate of drug-likeness (QED) is 0.0885. The minimum atomic E-state index is -5.79. The lowest BCUT2D eigenvalue weighted by atomic mass is 10.1. The molecule has 22 heteroatoms. The number of H-pyrrole nitrogens is 1. The Hall–Kier alpha value is -1.82. The Morgan fingerprint density at radius 2 is 1.74 bits per heavy atom. The first kappa shape index (κ1) is 29.4. The molecule has 1 aromatic heterocycles. The Balaban J connectivity index is 2.18. The molecule has 1 fully saturated rings. The average molecular weight is 568 g/mol. The largest absolute Gasteiger partial charge is 0.490 e. The number of nitrogens with one attached hydrogen (secondary N) is 1. The maximum absolute atomic E-state index is 12.2. The second-order valence-electron chi connectivity index (χ2n) is 6.54. The highest BCUT2D eigenvalue weighted by Gasteiger charge is 2.46. The molecular formula is C13H19N2O17P3. The number of hydrogen-bond donors (Lipinski definition) is 7. The van der Waals surface area contributed by atoms with Crippen LogP contribution in [-0.4, -0.2) is 77.3 Å². The van der Waals surface area contributed by atoms with Crippen LogP contribution in [0.1, 0.15) is 11.8 Å². The summed E-state index contributed by atoms with van der Waals surface area (Å²) >= 11 is 0. The monoisotopic (exact) mass is 568 g/mol. The van der Waals surface area contributed by atoms with Crippen molar-refractivity contribution < 1.29 is 70.9 Å². The van der Waals surface area contributed by atoms with Crippen LogP contribution in [0.4, 0.5) is 0 Å². The highest BCUT2D eigenvalue weighted by atomic mass is 31.3. The molecule has 0 aromatic carbocycles. The minimum absolute atomic E-state index is 0.267. The van der Waals surface area contributed by atoms with Crippen LogP contribution in [0.3, 0.4) is 0 Å². The van der Waals surface area contributed by atoms with E-state index in [0.717, 1.165) is 25.5 Å². The maximum Gasteiger partial charge on any atom is 0.490 e. The average Bonchev–Trinajstić information content (AvgIpc) is 2.97. The Kier molecular flexibility index (Phi) is 9.30. The molecule has 0 saturated carbocycles. The molecule has 0 aliphatic carbocycles. The Labute approximate surface area is 193 Å². The van der Waals surface area contributed by atoms with Gasteiger partial charge >= 0.3 is 35.1 Å². The predicted molar refractivity (Wildman–Crippen MR) is 108 cm³/mol. The van der Waals surface area contributed by atoms with Gasteiger partial charge in [0.2, 0.25) is 0 Å². The fourth-order valence-electron chi connectivity index (χ4n) is 2.60. The number of esters is 1. The third-order valence-corrected chi connectivity index (χ3v) is 7.83. The minimum Gasteiger partial charge on any atom is -0.466 e. The van der Waals surface area contributed by atoms with Crippen molar-refractivity contribution in [2.24, 2.45) is 0 Å². The zero-order valence-electron chi connectivity index (χ0n) is 17.2. The zero-order valence-corrected chi connectivity index (χ0v) is 19.9. The van der Waals surface area contributed by atoms with E-state index in [2.05, 4.69) is 17.9 Å². The molecule has 0 spiro atoms. The van der Waals surface area contributed by atoms with E-state index < -0.39 is 71.8 Å². The Morgan fingerprint density at radius 1 is 1.11 bits per heavy atom. The first-order chi connectivity index (χ1) is 15.9. The molecule has 1 saturated heterocycles. The lowest BCUT2D eigenvalue weighted by Gasteiger charge is -2.19. The first-order valence-corrected chi connectivity index (χ1v) is 13.4. The van der Waals surface area contributed by atoms with E-state index in [1.807, 2.05) is 4.98 Å². The van der Waals surface area contributed by atoms with Gasteiger partial charge in [0.05, 0.1) is 19.3 Å². The Morgan fingerprint density at radius 3 is 2.31 bits per heavy atom. The number of nitrogens with zero attached hydrogens (tertiary/aromatic N) is 1. The van der Waals surface area contributed by atoms with Crippen LogP contribution < -0.4 is 11.2 Å². The van der Waals surface area contributed by atoms with Crippen molar-refractivity contribution in [1.29, 1.82) is 0 Å². The molecule has 2 rings (SSSR count). The van der Waals surface area contributed by atoms with E-state index in [4.69, 9.17) is 19.4 Å². The molecular weight excluding hydrogens is 549 g/mol.